The van der Waals surface area contributed by atoms with Gasteiger partial charge in [0.1, 0.15) is 0 Å². The molecule has 0 spiro atoms. The van der Waals surface area contributed by atoms with Crippen molar-refractivity contribution >= 4 is 5.97 Å². The molecule has 2 nitrogen and oxygen atoms in total. The summed E-state index contributed by atoms with van der Waals surface area (Å²) in [7, 11) is 0. The molecule has 0 aromatic heterocycles. The molecule has 2 aromatic carbocycles. The summed E-state index contributed by atoms with van der Waals surface area (Å²) in [6, 6.07) is 8.89. The van der Waals surface area contributed by atoms with Crippen molar-refractivity contribution in [2.75, 3.05) is 0 Å². The van der Waals surface area contributed by atoms with E-state index in [4.69, 9.17) is 0 Å². The number of hydrogen-bond donors (Lipinski definition) is 1. The second kappa shape index (κ2) is 7.39. The van der Waals surface area contributed by atoms with Gasteiger partial charge in [0.05, 0.1) is 17.0 Å². The molecule has 26 heavy (non-hydrogen) atoms. The van der Waals surface area contributed by atoms with E-state index in [9.17, 15) is 36.2 Å². The van der Waals surface area contributed by atoms with Crippen molar-refractivity contribution in [3.8, 4) is 0 Å². The number of aliphatic carboxylic acids is 1. The van der Waals surface area contributed by atoms with E-state index in [0.29, 0.717) is 0 Å². The van der Waals surface area contributed by atoms with E-state index in [1.165, 1.54) is 24.3 Å². The van der Waals surface area contributed by atoms with Crippen molar-refractivity contribution in [2.45, 2.75) is 25.2 Å². The Bertz CT molecular complexity index is 720. The first-order chi connectivity index (χ1) is 12.0. The van der Waals surface area contributed by atoms with E-state index in [-0.39, 0.29) is 11.1 Å². The lowest BCUT2D eigenvalue weighted by Crippen LogP contribution is -2.22. The number of carboxylic acid groups (broad SMARTS) is 1. The fourth-order valence-electron chi connectivity index (χ4n) is 2.73. The van der Waals surface area contributed by atoms with Crippen LogP contribution >= 0.6 is 0 Å². The van der Waals surface area contributed by atoms with Crippen LogP contribution in [0.3, 0.4) is 0 Å². The van der Waals surface area contributed by atoms with Gasteiger partial charge < -0.3 is 5.11 Å². The van der Waals surface area contributed by atoms with Crippen LogP contribution in [-0.2, 0) is 30.0 Å². The molecule has 0 radical (unpaired) electrons. The lowest BCUT2D eigenvalue weighted by Gasteiger charge is -2.19. The molecular weight excluding hydrogens is 362 g/mol. The number of hydrogen-bond acceptors (Lipinski definition) is 1. The average molecular weight is 376 g/mol. The predicted molar refractivity (Wildman–Crippen MR) is 81.4 cm³/mol. The van der Waals surface area contributed by atoms with Crippen LogP contribution in [0.5, 0.6) is 0 Å². The predicted octanol–water partition coefficient (Wildman–Crippen LogP) is 5.21. The molecule has 140 valence electrons. The van der Waals surface area contributed by atoms with E-state index in [1.807, 2.05) is 0 Å². The second-order valence-corrected chi connectivity index (χ2v) is 5.75. The van der Waals surface area contributed by atoms with Crippen LogP contribution < -0.4 is 0 Å². The fraction of sp³-hybridized carbons (Fsp3) is 0.278. The van der Waals surface area contributed by atoms with Gasteiger partial charge in [-0.25, -0.2) is 0 Å². The van der Waals surface area contributed by atoms with Gasteiger partial charge in [-0.05, 0) is 36.1 Å². The van der Waals surface area contributed by atoms with Gasteiger partial charge in [0.15, 0.2) is 0 Å². The van der Waals surface area contributed by atoms with Gasteiger partial charge in [0, 0.05) is 0 Å². The summed E-state index contributed by atoms with van der Waals surface area (Å²) in [5.74, 6) is -2.89. The molecule has 0 amide bonds. The van der Waals surface area contributed by atoms with Crippen LogP contribution in [0.1, 0.15) is 22.3 Å². The smallest absolute Gasteiger partial charge is 0.416 e. The van der Waals surface area contributed by atoms with E-state index in [0.717, 1.165) is 24.3 Å². The maximum atomic E-state index is 13.1. The van der Waals surface area contributed by atoms with Gasteiger partial charge in [0.2, 0.25) is 0 Å². The Morgan fingerprint density at radius 3 is 1.42 bits per heavy atom. The Kier molecular flexibility index (Phi) is 5.63. The zero-order valence-corrected chi connectivity index (χ0v) is 13.2. The highest BCUT2D eigenvalue weighted by Crippen LogP contribution is 2.35. The first-order valence-corrected chi connectivity index (χ1v) is 7.53. The van der Waals surface area contributed by atoms with Gasteiger partial charge in [-0.15, -0.1) is 0 Å². The summed E-state index contributed by atoms with van der Waals surface area (Å²) in [5, 5.41) is 9.32. The highest BCUT2D eigenvalue weighted by atomic mass is 19.4. The zero-order chi connectivity index (χ0) is 19.5. The van der Waals surface area contributed by atoms with E-state index in [1.54, 1.807) is 0 Å². The Hall–Kier alpha value is -2.51. The zero-order valence-electron chi connectivity index (χ0n) is 13.2. The molecule has 0 atom stereocenters. The van der Waals surface area contributed by atoms with Crippen LogP contribution in [-0.4, -0.2) is 11.1 Å². The molecular formula is C18H14F6O2. The Balaban J connectivity index is 2.35. The summed E-state index contributed by atoms with van der Waals surface area (Å²) in [4.78, 5) is 11.5. The number of halogens is 6. The number of carboxylic acids is 1. The monoisotopic (exact) mass is 376 g/mol. The molecule has 0 fully saturated rings. The van der Waals surface area contributed by atoms with Gasteiger partial charge in [-0.3, -0.25) is 4.79 Å². The van der Waals surface area contributed by atoms with Crippen molar-refractivity contribution in [3.63, 3.8) is 0 Å². The van der Waals surface area contributed by atoms with Crippen molar-refractivity contribution in [2.24, 2.45) is 5.92 Å². The number of carbonyl (C=O) groups is 1. The van der Waals surface area contributed by atoms with Crippen molar-refractivity contribution in [3.05, 3.63) is 70.8 Å². The molecule has 0 saturated heterocycles. The van der Waals surface area contributed by atoms with E-state index in [2.05, 4.69) is 0 Å². The van der Waals surface area contributed by atoms with Crippen molar-refractivity contribution in [1.29, 1.82) is 0 Å². The maximum absolute atomic E-state index is 13.1. The van der Waals surface area contributed by atoms with E-state index < -0.39 is 48.2 Å². The minimum absolute atomic E-state index is 0.267. The van der Waals surface area contributed by atoms with E-state index >= 15 is 0 Å². The number of benzene rings is 2. The van der Waals surface area contributed by atoms with Crippen LogP contribution in [0, 0.1) is 5.92 Å². The topological polar surface area (TPSA) is 37.3 Å². The van der Waals surface area contributed by atoms with Crippen molar-refractivity contribution in [1.82, 2.24) is 0 Å². The number of alkyl halides is 6. The Morgan fingerprint density at radius 1 is 0.769 bits per heavy atom. The third kappa shape index (κ3) is 4.77. The van der Waals surface area contributed by atoms with Crippen LogP contribution in [0.2, 0.25) is 0 Å². The van der Waals surface area contributed by atoms with Gasteiger partial charge in [-0.1, -0.05) is 36.4 Å². The lowest BCUT2D eigenvalue weighted by atomic mass is 9.88. The summed E-state index contributed by atoms with van der Waals surface area (Å²) in [6.45, 7) is 0. The second-order valence-electron chi connectivity index (χ2n) is 5.75. The Labute approximate surface area is 145 Å². The molecule has 1 N–H and O–H groups in total. The Morgan fingerprint density at radius 2 is 1.12 bits per heavy atom. The molecule has 0 saturated carbocycles. The highest BCUT2D eigenvalue weighted by Gasteiger charge is 2.36. The first kappa shape index (κ1) is 19.8. The minimum atomic E-state index is -4.68. The highest BCUT2D eigenvalue weighted by molar-refractivity contribution is 5.71. The van der Waals surface area contributed by atoms with Crippen molar-refractivity contribution < 1.29 is 36.2 Å². The summed E-state index contributed by atoms with van der Waals surface area (Å²) in [5.41, 5.74) is -2.51. The van der Waals surface area contributed by atoms with Gasteiger partial charge in [-0.2, -0.15) is 26.3 Å². The average Bonchev–Trinajstić information content (AvgIpc) is 2.53. The molecule has 0 aliphatic rings. The molecule has 0 bridgehead atoms. The van der Waals surface area contributed by atoms with Crippen LogP contribution in [0.15, 0.2) is 48.5 Å². The minimum Gasteiger partial charge on any atom is -0.481 e. The first-order valence-electron chi connectivity index (χ1n) is 7.53. The van der Waals surface area contributed by atoms with Crippen LogP contribution in [0.25, 0.3) is 0 Å². The molecule has 0 unspecified atom stereocenters. The molecule has 0 aliphatic carbocycles. The van der Waals surface area contributed by atoms with Crippen LogP contribution in [0.4, 0.5) is 26.3 Å². The summed E-state index contributed by atoms with van der Waals surface area (Å²) in [6.07, 6.45) is -10.4. The standard InChI is InChI=1S/C18H14F6O2/c19-17(20,21)14-7-3-1-5-11(14)9-13(16(25)26)10-12-6-2-4-8-15(12)18(22,23)24/h1-8,13H,9-10H2,(H,25,26). The number of rotatable bonds is 5. The quantitative estimate of drug-likeness (QED) is 0.728. The molecule has 0 aliphatic heterocycles. The largest absolute Gasteiger partial charge is 0.481 e. The SMILES string of the molecule is O=C(O)C(Cc1ccccc1C(F)(F)F)Cc1ccccc1C(F)(F)F. The molecule has 2 aromatic rings. The van der Waals surface area contributed by atoms with Gasteiger partial charge >= 0.3 is 18.3 Å². The third-order valence-corrected chi connectivity index (χ3v) is 3.93. The summed E-state index contributed by atoms with van der Waals surface area (Å²) >= 11 is 0. The third-order valence-electron chi connectivity index (χ3n) is 3.93. The van der Waals surface area contributed by atoms with Gasteiger partial charge in [0.25, 0.3) is 0 Å². The normalized spacial score (nSPS) is 12.4. The fourth-order valence-corrected chi connectivity index (χ4v) is 2.73. The lowest BCUT2D eigenvalue weighted by molar-refractivity contribution is -0.144. The molecule has 2 rings (SSSR count). The summed E-state index contributed by atoms with van der Waals surface area (Å²) < 4.78 is 78.3. The molecule has 8 heteroatoms. The maximum Gasteiger partial charge on any atom is 0.416 e. The molecule has 0 heterocycles.